The molecule has 0 unspecified atom stereocenters. The number of rotatable bonds is 6. The second-order valence-corrected chi connectivity index (χ2v) is 5.72. The number of nitrogens with zero attached hydrogens (tertiary/aromatic N) is 3. The van der Waals surface area contributed by atoms with Gasteiger partial charge in [-0.25, -0.2) is 4.79 Å². The van der Waals surface area contributed by atoms with Crippen LogP contribution in [0.3, 0.4) is 0 Å². The Hall–Kier alpha value is -3.15. The molecule has 0 aliphatic heterocycles. The topological polar surface area (TPSA) is 71.3 Å². The summed E-state index contributed by atoms with van der Waals surface area (Å²) >= 11 is 0. The summed E-state index contributed by atoms with van der Waals surface area (Å²) in [6.45, 7) is 0.930. The Morgan fingerprint density at radius 2 is 1.92 bits per heavy atom. The lowest BCUT2D eigenvalue weighted by molar-refractivity contribution is 0.201. The molecule has 0 bridgehead atoms. The van der Waals surface area contributed by atoms with Gasteiger partial charge in [0.15, 0.2) is 5.76 Å². The third kappa shape index (κ3) is 4.67. The fraction of sp³-hybridized carbons (Fsp3) is 0.211. The van der Waals surface area contributed by atoms with Gasteiger partial charge in [0.25, 0.3) is 0 Å². The van der Waals surface area contributed by atoms with E-state index in [0.29, 0.717) is 24.5 Å². The zero-order chi connectivity index (χ0) is 17.5. The fourth-order valence-electron chi connectivity index (χ4n) is 2.42. The van der Waals surface area contributed by atoms with Crippen molar-refractivity contribution in [2.24, 2.45) is 0 Å². The lowest BCUT2D eigenvalue weighted by Gasteiger charge is -2.16. The SMILES string of the molecule is CN(Cc1cc(-c2ccccn2)no1)C(=O)NCCc1ccccc1. The maximum Gasteiger partial charge on any atom is 0.317 e. The minimum atomic E-state index is -0.147. The van der Waals surface area contributed by atoms with Gasteiger partial charge in [-0.2, -0.15) is 0 Å². The van der Waals surface area contributed by atoms with Gasteiger partial charge in [-0.05, 0) is 24.1 Å². The van der Waals surface area contributed by atoms with Gasteiger partial charge in [-0.1, -0.05) is 41.6 Å². The molecule has 2 aromatic heterocycles. The van der Waals surface area contributed by atoms with Gasteiger partial charge in [0.1, 0.15) is 5.69 Å². The molecular weight excluding hydrogens is 316 g/mol. The number of urea groups is 1. The highest BCUT2D eigenvalue weighted by molar-refractivity contribution is 5.73. The minimum Gasteiger partial charge on any atom is -0.359 e. The third-order valence-corrected chi connectivity index (χ3v) is 3.76. The summed E-state index contributed by atoms with van der Waals surface area (Å²) < 4.78 is 5.30. The highest BCUT2D eigenvalue weighted by atomic mass is 16.5. The number of carbonyl (C=O) groups excluding carboxylic acids is 1. The van der Waals surface area contributed by atoms with Crippen LogP contribution in [0.25, 0.3) is 11.4 Å². The first kappa shape index (κ1) is 16.7. The van der Waals surface area contributed by atoms with E-state index in [9.17, 15) is 4.79 Å². The van der Waals surface area contributed by atoms with Crippen LogP contribution in [0, 0.1) is 0 Å². The molecule has 1 N–H and O–H groups in total. The molecule has 3 aromatic rings. The van der Waals surface area contributed by atoms with E-state index in [4.69, 9.17) is 4.52 Å². The zero-order valence-electron chi connectivity index (χ0n) is 14.1. The van der Waals surface area contributed by atoms with Crippen molar-refractivity contribution in [1.29, 1.82) is 0 Å². The van der Waals surface area contributed by atoms with Crippen molar-refractivity contribution in [1.82, 2.24) is 20.4 Å². The first-order valence-corrected chi connectivity index (χ1v) is 8.12. The Labute approximate surface area is 146 Å². The molecule has 128 valence electrons. The molecule has 0 atom stereocenters. The molecule has 0 radical (unpaired) electrons. The Bertz CT molecular complexity index is 803. The lowest BCUT2D eigenvalue weighted by atomic mass is 10.1. The molecular formula is C19H20N4O2. The van der Waals surface area contributed by atoms with Crippen molar-refractivity contribution in [3.05, 3.63) is 72.1 Å². The molecule has 6 heteroatoms. The van der Waals surface area contributed by atoms with Crippen LogP contribution >= 0.6 is 0 Å². The molecule has 0 spiro atoms. The Morgan fingerprint density at radius 1 is 1.12 bits per heavy atom. The Morgan fingerprint density at radius 3 is 2.68 bits per heavy atom. The van der Waals surface area contributed by atoms with Crippen LogP contribution in [0.15, 0.2) is 65.3 Å². The smallest absolute Gasteiger partial charge is 0.317 e. The van der Waals surface area contributed by atoms with Crippen LogP contribution in [0.2, 0.25) is 0 Å². The van der Waals surface area contributed by atoms with Crippen molar-refractivity contribution >= 4 is 6.03 Å². The van der Waals surface area contributed by atoms with E-state index in [1.165, 1.54) is 5.56 Å². The van der Waals surface area contributed by atoms with Crippen LogP contribution in [-0.2, 0) is 13.0 Å². The molecule has 1 aromatic carbocycles. The van der Waals surface area contributed by atoms with E-state index in [-0.39, 0.29) is 6.03 Å². The summed E-state index contributed by atoms with van der Waals surface area (Å²) in [6, 6.07) is 17.3. The van der Waals surface area contributed by atoms with E-state index < -0.39 is 0 Å². The second-order valence-electron chi connectivity index (χ2n) is 5.72. The van der Waals surface area contributed by atoms with Crippen LogP contribution in [0.4, 0.5) is 4.79 Å². The summed E-state index contributed by atoms with van der Waals surface area (Å²) in [4.78, 5) is 17.9. The summed E-state index contributed by atoms with van der Waals surface area (Å²) in [5.74, 6) is 0.612. The van der Waals surface area contributed by atoms with Gasteiger partial charge in [-0.15, -0.1) is 0 Å². The first-order chi connectivity index (χ1) is 12.2. The lowest BCUT2D eigenvalue weighted by Crippen LogP contribution is -2.37. The van der Waals surface area contributed by atoms with Gasteiger partial charge in [0.05, 0.1) is 12.2 Å². The molecule has 0 saturated carbocycles. The average Bonchev–Trinajstić information content (AvgIpc) is 3.12. The molecule has 0 aliphatic rings. The first-order valence-electron chi connectivity index (χ1n) is 8.12. The number of carbonyl (C=O) groups is 1. The van der Waals surface area contributed by atoms with Crippen LogP contribution in [0.1, 0.15) is 11.3 Å². The molecule has 6 nitrogen and oxygen atoms in total. The van der Waals surface area contributed by atoms with Crippen molar-refractivity contribution in [2.75, 3.05) is 13.6 Å². The van der Waals surface area contributed by atoms with Crippen molar-refractivity contribution in [3.8, 4) is 11.4 Å². The van der Waals surface area contributed by atoms with Crippen LogP contribution in [-0.4, -0.2) is 34.7 Å². The fourth-order valence-corrected chi connectivity index (χ4v) is 2.42. The van der Waals surface area contributed by atoms with E-state index in [1.54, 1.807) is 24.2 Å². The van der Waals surface area contributed by atoms with Crippen molar-refractivity contribution in [3.63, 3.8) is 0 Å². The van der Waals surface area contributed by atoms with E-state index >= 15 is 0 Å². The molecule has 0 aliphatic carbocycles. The van der Waals surface area contributed by atoms with Gasteiger partial charge in [-0.3, -0.25) is 4.98 Å². The van der Waals surface area contributed by atoms with Gasteiger partial charge < -0.3 is 14.7 Å². The standard InChI is InChI=1S/C19H20N4O2/c1-23(19(24)21-12-10-15-7-3-2-4-8-15)14-16-13-18(22-25-16)17-9-5-6-11-20-17/h2-9,11,13H,10,12,14H2,1H3,(H,21,24). The molecule has 2 heterocycles. The van der Waals surface area contributed by atoms with Gasteiger partial charge in [0.2, 0.25) is 0 Å². The maximum absolute atomic E-state index is 12.2. The normalized spacial score (nSPS) is 10.4. The number of nitrogens with one attached hydrogen (secondary N) is 1. The maximum atomic E-state index is 12.2. The third-order valence-electron chi connectivity index (χ3n) is 3.76. The van der Waals surface area contributed by atoms with Gasteiger partial charge in [0, 0.05) is 25.9 Å². The summed E-state index contributed by atoms with van der Waals surface area (Å²) in [6.07, 6.45) is 2.50. The Kier molecular flexibility index (Phi) is 5.41. The molecule has 25 heavy (non-hydrogen) atoms. The number of hydrogen-bond acceptors (Lipinski definition) is 4. The number of aromatic nitrogens is 2. The predicted molar refractivity (Wildman–Crippen MR) is 94.7 cm³/mol. The number of benzene rings is 1. The summed E-state index contributed by atoms with van der Waals surface area (Å²) in [5, 5.41) is 6.91. The largest absolute Gasteiger partial charge is 0.359 e. The van der Waals surface area contributed by atoms with Crippen molar-refractivity contribution < 1.29 is 9.32 Å². The quantitative estimate of drug-likeness (QED) is 0.751. The molecule has 0 fully saturated rings. The zero-order valence-corrected chi connectivity index (χ0v) is 14.1. The second kappa shape index (κ2) is 8.10. The summed E-state index contributed by atoms with van der Waals surface area (Å²) in [5.41, 5.74) is 2.60. The minimum absolute atomic E-state index is 0.147. The van der Waals surface area contributed by atoms with Crippen molar-refractivity contribution in [2.45, 2.75) is 13.0 Å². The highest BCUT2D eigenvalue weighted by Crippen LogP contribution is 2.16. The molecule has 3 rings (SSSR count). The van der Waals surface area contributed by atoms with E-state index in [1.807, 2.05) is 48.5 Å². The Balaban J connectivity index is 1.49. The average molecular weight is 336 g/mol. The van der Waals surface area contributed by atoms with E-state index in [0.717, 1.165) is 12.1 Å². The summed E-state index contributed by atoms with van der Waals surface area (Å²) in [7, 11) is 1.72. The number of amides is 2. The number of hydrogen-bond donors (Lipinski definition) is 1. The highest BCUT2D eigenvalue weighted by Gasteiger charge is 2.13. The van der Waals surface area contributed by atoms with Crippen LogP contribution in [0.5, 0.6) is 0 Å². The molecule has 0 saturated heterocycles. The monoisotopic (exact) mass is 336 g/mol. The van der Waals surface area contributed by atoms with Crippen LogP contribution < -0.4 is 5.32 Å². The van der Waals surface area contributed by atoms with E-state index in [2.05, 4.69) is 15.5 Å². The number of pyridine rings is 1. The predicted octanol–water partition coefficient (Wildman–Crippen LogP) is 3.12. The molecule has 2 amide bonds. The van der Waals surface area contributed by atoms with Gasteiger partial charge >= 0.3 is 6.03 Å².